The van der Waals surface area contributed by atoms with Crippen LogP contribution in [0.4, 0.5) is 45.5 Å². The van der Waals surface area contributed by atoms with Gasteiger partial charge in [-0.2, -0.15) is 0 Å². The molecule has 9 rings (SSSR count). The minimum Gasteiger partial charge on any atom is -0.311 e. The van der Waals surface area contributed by atoms with E-state index in [-0.39, 0.29) is 0 Å². The van der Waals surface area contributed by atoms with Gasteiger partial charge in [0.15, 0.2) is 0 Å². The zero-order valence-electron chi connectivity index (χ0n) is 31.8. The fourth-order valence-electron chi connectivity index (χ4n) is 7.63. The van der Waals surface area contributed by atoms with Crippen LogP contribution in [0.5, 0.6) is 0 Å². The van der Waals surface area contributed by atoms with Crippen molar-refractivity contribution in [2.45, 2.75) is 12.8 Å². The van der Waals surface area contributed by atoms with E-state index in [1.807, 2.05) is 0 Å². The fraction of sp³-hybridized carbons (Fsp3) is 0.0370. The van der Waals surface area contributed by atoms with Gasteiger partial charge in [-0.1, -0.05) is 133 Å². The van der Waals surface area contributed by atoms with Crippen LogP contribution in [-0.4, -0.2) is 0 Å². The quantitative estimate of drug-likeness (QED) is 0.131. The van der Waals surface area contributed by atoms with Gasteiger partial charge in [0.05, 0.1) is 0 Å². The van der Waals surface area contributed by atoms with Gasteiger partial charge >= 0.3 is 0 Å². The number of anilines is 8. The van der Waals surface area contributed by atoms with E-state index in [4.69, 9.17) is 0 Å². The Morgan fingerprint density at radius 2 is 0.509 bits per heavy atom. The molecule has 0 atom stereocenters. The van der Waals surface area contributed by atoms with E-state index >= 15 is 0 Å². The van der Waals surface area contributed by atoms with Crippen LogP contribution in [0.25, 0.3) is 22.3 Å². The highest BCUT2D eigenvalue weighted by Crippen LogP contribution is 2.39. The summed E-state index contributed by atoms with van der Waals surface area (Å²) in [4.78, 5) is 6.95. The lowest BCUT2D eigenvalue weighted by atomic mass is 10.0. The molecule has 0 amide bonds. The van der Waals surface area contributed by atoms with E-state index in [2.05, 4.69) is 251 Å². The zero-order chi connectivity index (χ0) is 38.2. The summed E-state index contributed by atoms with van der Waals surface area (Å²) in [5, 5.41) is 0. The van der Waals surface area contributed by atoms with Gasteiger partial charge in [0.25, 0.3) is 0 Å². The van der Waals surface area contributed by atoms with Gasteiger partial charge in [-0.15, -0.1) is 0 Å². The highest BCUT2D eigenvalue weighted by atomic mass is 15.2. The maximum absolute atomic E-state index is 2.34. The Bertz CT molecular complexity index is 2520. The molecule has 1 aliphatic rings. The van der Waals surface area contributed by atoms with Gasteiger partial charge in [0.1, 0.15) is 0 Å². The number of hydrogen-bond donors (Lipinski definition) is 0. The Morgan fingerprint density at radius 3 is 0.789 bits per heavy atom. The summed E-state index contributed by atoms with van der Waals surface area (Å²) in [6.07, 6.45) is 8.98. The first-order valence-corrected chi connectivity index (χ1v) is 19.7. The molecule has 0 N–H and O–H groups in total. The van der Waals surface area contributed by atoms with Gasteiger partial charge in [0, 0.05) is 51.2 Å². The van der Waals surface area contributed by atoms with Crippen LogP contribution in [0.2, 0.25) is 0 Å². The van der Waals surface area contributed by atoms with Crippen LogP contribution in [0.1, 0.15) is 12.8 Å². The lowest BCUT2D eigenvalue weighted by Crippen LogP contribution is -2.16. The van der Waals surface area contributed by atoms with Gasteiger partial charge in [-0.05, 0) is 138 Å². The largest absolute Gasteiger partial charge is 0.311 e. The first-order chi connectivity index (χ1) is 28.3. The van der Waals surface area contributed by atoms with Crippen molar-refractivity contribution >= 4 is 45.5 Å². The highest BCUT2D eigenvalue weighted by molar-refractivity contribution is 5.82. The molecule has 3 nitrogen and oxygen atoms in total. The topological polar surface area (TPSA) is 9.72 Å². The van der Waals surface area contributed by atoms with Crippen molar-refractivity contribution in [3.63, 3.8) is 0 Å². The summed E-state index contributed by atoms with van der Waals surface area (Å²) in [5.41, 5.74) is 14.9. The lowest BCUT2D eigenvalue weighted by molar-refractivity contribution is 0.997. The van der Waals surface area contributed by atoms with E-state index < -0.39 is 0 Å². The molecule has 1 aliphatic carbocycles. The minimum atomic E-state index is 1.06. The van der Waals surface area contributed by atoms with Crippen molar-refractivity contribution in [2.24, 2.45) is 0 Å². The van der Waals surface area contributed by atoms with Gasteiger partial charge in [-0.3, -0.25) is 0 Å². The fourth-order valence-corrected chi connectivity index (χ4v) is 7.63. The van der Waals surface area contributed by atoms with Crippen molar-refractivity contribution in [2.75, 3.05) is 14.7 Å². The smallest absolute Gasteiger partial charge is 0.0462 e. The average Bonchev–Trinajstić information content (AvgIpc) is 3.30. The molecule has 0 radical (unpaired) electrons. The molecule has 0 heterocycles. The van der Waals surface area contributed by atoms with Crippen molar-refractivity contribution in [1.82, 2.24) is 0 Å². The predicted molar refractivity (Wildman–Crippen MR) is 242 cm³/mol. The average molecular weight is 734 g/mol. The second kappa shape index (κ2) is 16.6. The Morgan fingerprint density at radius 1 is 0.246 bits per heavy atom. The van der Waals surface area contributed by atoms with Crippen LogP contribution < -0.4 is 14.7 Å². The number of allylic oxidation sites excluding steroid dienone is 3. The monoisotopic (exact) mass is 733 g/mol. The molecular weight excluding hydrogens is 691 g/mol. The van der Waals surface area contributed by atoms with Crippen LogP contribution in [0.15, 0.2) is 242 Å². The highest BCUT2D eigenvalue weighted by Gasteiger charge is 2.17. The minimum absolute atomic E-state index is 1.06. The number of benzene rings is 8. The lowest BCUT2D eigenvalue weighted by Gasteiger charge is -2.28. The van der Waals surface area contributed by atoms with Crippen LogP contribution in [0.3, 0.4) is 0 Å². The van der Waals surface area contributed by atoms with Crippen molar-refractivity contribution in [1.29, 1.82) is 0 Å². The first-order valence-electron chi connectivity index (χ1n) is 19.7. The molecule has 0 aliphatic heterocycles. The van der Waals surface area contributed by atoms with Crippen LogP contribution >= 0.6 is 0 Å². The first kappa shape index (κ1) is 35.3. The molecule has 0 saturated heterocycles. The molecule has 8 aromatic rings. The SMILES string of the molecule is C1=CC(N(c2ccccc2)c2ccc(-c3ccc(N(c4ccccc4)c4ccc(-c5ccc(N(c6ccccc6)c6ccccc6)cc5)cc4)cc3)cc2)=CCC1. The van der Waals surface area contributed by atoms with E-state index in [1.165, 1.54) is 28.0 Å². The molecule has 0 unspecified atom stereocenters. The zero-order valence-corrected chi connectivity index (χ0v) is 31.8. The van der Waals surface area contributed by atoms with Crippen molar-refractivity contribution in [3.05, 3.63) is 242 Å². The number of hydrogen-bond acceptors (Lipinski definition) is 3. The molecule has 0 saturated carbocycles. The third kappa shape index (κ3) is 7.78. The number of rotatable bonds is 11. The second-order valence-corrected chi connectivity index (χ2v) is 14.1. The predicted octanol–water partition coefficient (Wildman–Crippen LogP) is 15.3. The molecule has 0 aromatic heterocycles. The Hall–Kier alpha value is -7.36. The molecular formula is C54H43N3. The molecule has 0 spiro atoms. The summed E-state index contributed by atoms with van der Waals surface area (Å²) in [7, 11) is 0. The summed E-state index contributed by atoms with van der Waals surface area (Å²) in [6, 6.07) is 77.8. The van der Waals surface area contributed by atoms with Gasteiger partial charge in [0.2, 0.25) is 0 Å². The maximum atomic E-state index is 2.34. The molecule has 274 valence electrons. The molecule has 0 fully saturated rings. The van der Waals surface area contributed by atoms with E-state index in [1.54, 1.807) is 0 Å². The normalized spacial score (nSPS) is 12.1. The maximum Gasteiger partial charge on any atom is 0.0462 e. The Labute approximate surface area is 336 Å². The van der Waals surface area contributed by atoms with Gasteiger partial charge < -0.3 is 14.7 Å². The number of para-hydroxylation sites is 4. The summed E-state index contributed by atoms with van der Waals surface area (Å²) >= 11 is 0. The summed E-state index contributed by atoms with van der Waals surface area (Å²) < 4.78 is 0. The number of nitrogens with zero attached hydrogens (tertiary/aromatic N) is 3. The third-order valence-electron chi connectivity index (χ3n) is 10.5. The standard InChI is InChI=1S/C54H43N3/c1-6-16-46(17-7-1)55(47-18-8-2-9-19-47)51-34-26-42(27-35-51)44-30-38-53(39-31-44)57(50-24-14-5-15-25-50)54-40-32-45(33-41-54)43-28-36-52(37-29-43)56(48-20-10-3-11-21-48)49-22-12-4-13-23-49/h1-3,5-12,14-41H,4,13H2. The molecule has 0 bridgehead atoms. The Balaban J connectivity index is 0.968. The van der Waals surface area contributed by atoms with E-state index in [0.717, 1.165) is 58.3 Å². The van der Waals surface area contributed by atoms with Gasteiger partial charge in [-0.25, -0.2) is 0 Å². The second-order valence-electron chi connectivity index (χ2n) is 14.1. The summed E-state index contributed by atoms with van der Waals surface area (Å²) in [5.74, 6) is 0. The Kier molecular flexibility index (Phi) is 10.3. The van der Waals surface area contributed by atoms with Crippen LogP contribution in [-0.2, 0) is 0 Å². The van der Waals surface area contributed by atoms with Crippen molar-refractivity contribution < 1.29 is 0 Å². The molecule has 8 aromatic carbocycles. The van der Waals surface area contributed by atoms with E-state index in [0.29, 0.717) is 0 Å². The van der Waals surface area contributed by atoms with Crippen molar-refractivity contribution in [3.8, 4) is 22.3 Å². The third-order valence-corrected chi connectivity index (χ3v) is 10.5. The molecule has 57 heavy (non-hydrogen) atoms. The van der Waals surface area contributed by atoms with E-state index in [9.17, 15) is 0 Å². The molecule has 3 heteroatoms. The van der Waals surface area contributed by atoms with Crippen LogP contribution in [0, 0.1) is 0 Å². The summed E-state index contributed by atoms with van der Waals surface area (Å²) in [6.45, 7) is 0.